The van der Waals surface area contributed by atoms with Gasteiger partial charge in [-0.25, -0.2) is 0 Å². The third-order valence-corrected chi connectivity index (χ3v) is 2.49. The van der Waals surface area contributed by atoms with E-state index in [2.05, 4.69) is 10.6 Å². The van der Waals surface area contributed by atoms with E-state index in [4.69, 9.17) is 0 Å². The van der Waals surface area contributed by atoms with E-state index >= 15 is 0 Å². The monoisotopic (exact) mass is 185 g/mol. The largest absolute Gasteiger partial charge is 0.350 e. The zero-order chi connectivity index (χ0) is 9.42. The third-order valence-electron chi connectivity index (χ3n) is 2.49. The minimum Gasteiger partial charge on any atom is -0.350 e. The molecule has 2 atom stereocenters. The molecule has 2 rings (SSSR count). The molecule has 1 aliphatic heterocycles. The molecule has 6 heteroatoms. The van der Waals surface area contributed by atoms with Gasteiger partial charge in [0.2, 0.25) is 11.9 Å². The maximum atomic E-state index is 11.3. The van der Waals surface area contributed by atoms with Crippen molar-refractivity contribution in [1.29, 1.82) is 0 Å². The van der Waals surface area contributed by atoms with E-state index in [1.165, 1.54) is 0 Å². The smallest absolute Gasteiger partial charge is 0.230 e. The highest BCUT2D eigenvalue weighted by atomic mass is 16.6. The number of nitrogens with zero attached hydrogens (tertiary/aromatic N) is 1. The van der Waals surface area contributed by atoms with Crippen molar-refractivity contribution in [3.05, 3.63) is 10.1 Å². The van der Waals surface area contributed by atoms with Crippen LogP contribution < -0.4 is 10.6 Å². The van der Waals surface area contributed by atoms with Crippen LogP contribution >= 0.6 is 0 Å². The van der Waals surface area contributed by atoms with Crippen molar-refractivity contribution >= 4 is 5.91 Å². The van der Waals surface area contributed by atoms with Crippen molar-refractivity contribution in [3.8, 4) is 0 Å². The summed E-state index contributed by atoms with van der Waals surface area (Å²) in [6, 6.07) is -0.450. The molecule has 0 aromatic heterocycles. The highest BCUT2D eigenvalue weighted by Crippen LogP contribution is 2.33. The summed E-state index contributed by atoms with van der Waals surface area (Å²) in [4.78, 5) is 21.2. The first-order valence-electron chi connectivity index (χ1n) is 4.33. The molecule has 1 saturated heterocycles. The molecule has 2 unspecified atom stereocenters. The fraction of sp³-hybridized carbons (Fsp3) is 0.857. The molecule has 0 spiro atoms. The van der Waals surface area contributed by atoms with Crippen molar-refractivity contribution in [2.24, 2.45) is 5.92 Å². The van der Waals surface area contributed by atoms with Gasteiger partial charge in [0.25, 0.3) is 0 Å². The summed E-state index contributed by atoms with van der Waals surface area (Å²) in [5.41, 5.74) is 0. The standard InChI is InChI=1S/C7H11N3O3/c11-7(9-4-2-8-3-4)5-1-6(5)10(12)13/h4-6,8H,1-3H2,(H,9,11). The van der Waals surface area contributed by atoms with Gasteiger partial charge in [-0.3, -0.25) is 14.9 Å². The van der Waals surface area contributed by atoms with E-state index in [1.807, 2.05) is 0 Å². The SMILES string of the molecule is O=C(NC1CNC1)C1CC1[N+](=O)[O-]. The molecular weight excluding hydrogens is 174 g/mol. The fourth-order valence-electron chi connectivity index (χ4n) is 1.40. The Kier molecular flexibility index (Phi) is 1.91. The Morgan fingerprint density at radius 3 is 2.62 bits per heavy atom. The van der Waals surface area contributed by atoms with Crippen LogP contribution in [0.5, 0.6) is 0 Å². The number of carbonyl (C=O) groups excluding carboxylic acids is 1. The molecule has 0 aromatic carbocycles. The summed E-state index contributed by atoms with van der Waals surface area (Å²) in [5.74, 6) is -0.538. The normalized spacial score (nSPS) is 32.0. The first-order valence-corrected chi connectivity index (χ1v) is 4.33. The van der Waals surface area contributed by atoms with Gasteiger partial charge in [-0.05, 0) is 0 Å². The summed E-state index contributed by atoms with van der Waals surface area (Å²) < 4.78 is 0. The highest BCUT2D eigenvalue weighted by Gasteiger charge is 2.53. The molecule has 2 aliphatic rings. The third kappa shape index (κ3) is 1.62. The van der Waals surface area contributed by atoms with E-state index in [9.17, 15) is 14.9 Å². The Balaban J connectivity index is 1.76. The van der Waals surface area contributed by atoms with E-state index in [1.54, 1.807) is 0 Å². The van der Waals surface area contributed by atoms with Crippen molar-refractivity contribution in [2.75, 3.05) is 13.1 Å². The number of nitrogens with one attached hydrogen (secondary N) is 2. The second kappa shape index (κ2) is 2.95. The maximum Gasteiger partial charge on any atom is 0.230 e. The zero-order valence-corrected chi connectivity index (χ0v) is 7.03. The van der Waals surface area contributed by atoms with E-state index in [0.29, 0.717) is 6.42 Å². The summed E-state index contributed by atoms with van der Waals surface area (Å²) in [6.07, 6.45) is 0.402. The van der Waals surface area contributed by atoms with E-state index < -0.39 is 6.04 Å². The van der Waals surface area contributed by atoms with Crippen molar-refractivity contribution in [2.45, 2.75) is 18.5 Å². The Morgan fingerprint density at radius 2 is 2.23 bits per heavy atom. The molecule has 0 bridgehead atoms. The zero-order valence-electron chi connectivity index (χ0n) is 7.03. The van der Waals surface area contributed by atoms with Crippen molar-refractivity contribution < 1.29 is 9.72 Å². The highest BCUT2D eigenvalue weighted by molar-refractivity contribution is 5.82. The molecule has 6 nitrogen and oxygen atoms in total. The van der Waals surface area contributed by atoms with Crippen molar-refractivity contribution in [1.82, 2.24) is 10.6 Å². The average molecular weight is 185 g/mol. The lowest BCUT2D eigenvalue weighted by molar-refractivity contribution is -0.497. The summed E-state index contributed by atoms with van der Waals surface area (Å²) >= 11 is 0. The van der Waals surface area contributed by atoms with Gasteiger partial charge in [-0.15, -0.1) is 0 Å². The van der Waals surface area contributed by atoms with Gasteiger partial charge >= 0.3 is 0 Å². The van der Waals surface area contributed by atoms with E-state index in [-0.39, 0.29) is 22.8 Å². The molecule has 0 radical (unpaired) electrons. The number of nitro groups is 1. The second-order valence-electron chi connectivity index (χ2n) is 3.56. The number of carbonyl (C=O) groups is 1. The molecule has 1 aliphatic carbocycles. The lowest BCUT2D eigenvalue weighted by Gasteiger charge is -2.27. The first-order chi connectivity index (χ1) is 6.18. The van der Waals surface area contributed by atoms with Crippen LogP contribution in [0.4, 0.5) is 0 Å². The van der Waals surface area contributed by atoms with Crippen LogP contribution in [0.3, 0.4) is 0 Å². The molecule has 0 aromatic rings. The predicted octanol–water partition coefficient (Wildman–Crippen LogP) is -1.26. The number of amides is 1. The summed E-state index contributed by atoms with van der Waals surface area (Å²) in [5, 5.41) is 16.0. The van der Waals surface area contributed by atoms with Crippen LogP contribution in [0.1, 0.15) is 6.42 Å². The molecule has 2 fully saturated rings. The molecular formula is C7H11N3O3. The van der Waals surface area contributed by atoms with Gasteiger partial charge in [0, 0.05) is 24.4 Å². The van der Waals surface area contributed by atoms with Crippen LogP contribution in [0.15, 0.2) is 0 Å². The van der Waals surface area contributed by atoms with Gasteiger partial charge in [0.1, 0.15) is 5.92 Å². The topological polar surface area (TPSA) is 84.3 Å². The van der Waals surface area contributed by atoms with Gasteiger partial charge in [0.15, 0.2) is 0 Å². The van der Waals surface area contributed by atoms with Crippen LogP contribution in [0.25, 0.3) is 0 Å². The first kappa shape index (κ1) is 8.43. The van der Waals surface area contributed by atoms with E-state index in [0.717, 1.165) is 13.1 Å². The predicted molar refractivity (Wildman–Crippen MR) is 43.7 cm³/mol. The van der Waals surface area contributed by atoms with Crippen LogP contribution in [0, 0.1) is 16.0 Å². The Bertz CT molecular complexity index is 251. The lowest BCUT2D eigenvalue weighted by Crippen LogP contribution is -2.57. The van der Waals surface area contributed by atoms with Gasteiger partial charge in [-0.1, -0.05) is 0 Å². The summed E-state index contributed by atoms with van der Waals surface area (Å²) in [7, 11) is 0. The minimum atomic E-state index is -0.631. The molecule has 2 N–H and O–H groups in total. The number of hydrogen-bond acceptors (Lipinski definition) is 4. The van der Waals surface area contributed by atoms with Crippen LogP contribution in [-0.4, -0.2) is 36.0 Å². The number of rotatable bonds is 3. The maximum absolute atomic E-state index is 11.3. The van der Waals surface area contributed by atoms with Crippen molar-refractivity contribution in [3.63, 3.8) is 0 Å². The van der Waals surface area contributed by atoms with Gasteiger partial charge in [-0.2, -0.15) is 0 Å². The molecule has 1 heterocycles. The molecule has 1 saturated carbocycles. The van der Waals surface area contributed by atoms with Crippen LogP contribution in [-0.2, 0) is 4.79 Å². The minimum absolute atomic E-state index is 0.159. The second-order valence-corrected chi connectivity index (χ2v) is 3.56. The number of hydrogen-bond donors (Lipinski definition) is 2. The Labute approximate surface area is 74.8 Å². The average Bonchev–Trinajstić information content (AvgIpc) is 2.74. The van der Waals surface area contributed by atoms with Gasteiger partial charge < -0.3 is 10.6 Å². The summed E-state index contributed by atoms with van der Waals surface area (Å²) in [6.45, 7) is 1.56. The van der Waals surface area contributed by atoms with Gasteiger partial charge in [0.05, 0.1) is 6.04 Å². The molecule has 13 heavy (non-hydrogen) atoms. The van der Waals surface area contributed by atoms with Crippen LogP contribution in [0.2, 0.25) is 0 Å². The Morgan fingerprint density at radius 1 is 1.54 bits per heavy atom. The quantitative estimate of drug-likeness (QED) is 0.424. The molecule has 1 amide bonds. The fourth-order valence-corrected chi connectivity index (χ4v) is 1.40. The lowest BCUT2D eigenvalue weighted by atomic mass is 10.2. The Hall–Kier alpha value is -1.17. The molecule has 72 valence electrons.